The van der Waals surface area contributed by atoms with Gasteiger partial charge in [0.1, 0.15) is 18.9 Å². The van der Waals surface area contributed by atoms with Crippen LogP contribution < -0.4 is 14.1 Å². The van der Waals surface area contributed by atoms with E-state index < -0.39 is 61.5 Å². The molecule has 0 bridgehead atoms. The van der Waals surface area contributed by atoms with Gasteiger partial charge in [-0.05, 0) is 26.0 Å². The molecule has 0 fully saturated rings. The van der Waals surface area contributed by atoms with Crippen molar-refractivity contribution in [2.75, 3.05) is 20.3 Å². The monoisotopic (exact) mass is 467 g/mol. The number of ether oxygens (including phenoxy) is 2. The summed E-state index contributed by atoms with van der Waals surface area (Å²) in [7, 11) is -1.15. The van der Waals surface area contributed by atoms with E-state index in [1.165, 1.54) is 19.2 Å². The topological polar surface area (TPSA) is 66.0 Å². The van der Waals surface area contributed by atoms with Crippen LogP contribution in [0.1, 0.15) is 13.8 Å². The SMILES string of the molecule is COC(C)(C)COC(=O)CNP(Oc1ccccc1)Oc1c(F)c(F)c(F)c(F)c1F. The van der Waals surface area contributed by atoms with Crippen LogP contribution in [0.2, 0.25) is 0 Å². The highest BCUT2D eigenvalue weighted by molar-refractivity contribution is 7.45. The quantitative estimate of drug-likeness (QED) is 0.181. The lowest BCUT2D eigenvalue weighted by atomic mass is 10.1. The molecule has 0 aliphatic carbocycles. The van der Waals surface area contributed by atoms with Crippen LogP contribution in [0.25, 0.3) is 0 Å². The minimum Gasteiger partial charge on any atom is -0.462 e. The Kier molecular flexibility index (Phi) is 8.55. The first-order valence-corrected chi connectivity index (χ1v) is 9.90. The number of hydrogen-bond donors (Lipinski definition) is 1. The lowest BCUT2D eigenvalue weighted by Crippen LogP contribution is -2.33. The third-order valence-corrected chi connectivity index (χ3v) is 4.90. The van der Waals surface area contributed by atoms with E-state index in [0.717, 1.165) is 0 Å². The third kappa shape index (κ3) is 6.75. The summed E-state index contributed by atoms with van der Waals surface area (Å²) >= 11 is 0. The summed E-state index contributed by atoms with van der Waals surface area (Å²) in [5, 5.41) is 2.41. The highest BCUT2D eigenvalue weighted by Crippen LogP contribution is 2.40. The van der Waals surface area contributed by atoms with Gasteiger partial charge in [0.05, 0.1) is 5.60 Å². The Labute approximate surface area is 176 Å². The van der Waals surface area contributed by atoms with Gasteiger partial charge in [0.15, 0.2) is 0 Å². The van der Waals surface area contributed by atoms with Gasteiger partial charge in [-0.25, -0.2) is 18.3 Å². The molecule has 0 radical (unpaired) electrons. The number of carbonyl (C=O) groups excluding carboxylic acids is 1. The van der Waals surface area contributed by atoms with Crippen molar-refractivity contribution < 1.29 is 45.3 Å². The summed E-state index contributed by atoms with van der Waals surface area (Å²) in [6.07, 6.45) is 0. The normalized spacial score (nSPS) is 12.4. The molecule has 31 heavy (non-hydrogen) atoms. The van der Waals surface area contributed by atoms with Gasteiger partial charge in [0.25, 0.3) is 0 Å². The molecule has 0 heterocycles. The van der Waals surface area contributed by atoms with E-state index in [2.05, 4.69) is 5.09 Å². The van der Waals surface area contributed by atoms with Crippen LogP contribution in [0.4, 0.5) is 22.0 Å². The second-order valence-corrected chi connectivity index (χ2v) is 7.81. The molecule has 170 valence electrons. The minimum atomic E-state index is -2.57. The summed E-state index contributed by atoms with van der Waals surface area (Å²) in [6, 6.07) is 7.71. The fourth-order valence-electron chi connectivity index (χ4n) is 1.90. The summed E-state index contributed by atoms with van der Waals surface area (Å²) in [6.45, 7) is 2.70. The van der Waals surface area contributed by atoms with Crippen LogP contribution in [0.3, 0.4) is 0 Å². The van der Waals surface area contributed by atoms with Crippen LogP contribution in [0.15, 0.2) is 30.3 Å². The lowest BCUT2D eigenvalue weighted by Gasteiger charge is -2.23. The minimum absolute atomic E-state index is 0.0972. The highest BCUT2D eigenvalue weighted by atomic mass is 31.2. The van der Waals surface area contributed by atoms with Gasteiger partial charge in [0.2, 0.25) is 34.8 Å². The number of rotatable bonds is 10. The first-order chi connectivity index (χ1) is 14.6. The van der Waals surface area contributed by atoms with Crippen molar-refractivity contribution in [3.8, 4) is 11.5 Å². The van der Waals surface area contributed by atoms with Gasteiger partial charge in [-0.15, -0.1) is 0 Å². The Bertz CT molecular complexity index is 887. The molecule has 0 aliphatic heterocycles. The van der Waals surface area contributed by atoms with Crippen LogP contribution >= 0.6 is 8.53 Å². The standard InChI is InChI=1S/C19H19F5NO5P/c1-19(2,27-3)10-28-12(26)9-25-31(29-11-7-5-4-6-8-11)30-18-16(23)14(21)13(20)15(22)17(18)24/h4-8,25H,9-10H2,1-3H3. The lowest BCUT2D eigenvalue weighted by molar-refractivity contribution is -0.149. The van der Waals surface area contributed by atoms with Crippen LogP contribution in [-0.2, 0) is 14.3 Å². The molecule has 12 heteroatoms. The molecule has 6 nitrogen and oxygen atoms in total. The van der Waals surface area contributed by atoms with Gasteiger partial charge in [0, 0.05) is 7.11 Å². The molecule has 2 rings (SSSR count). The van der Waals surface area contributed by atoms with Gasteiger partial charge in [-0.1, -0.05) is 18.2 Å². The number of hydrogen-bond acceptors (Lipinski definition) is 6. The van der Waals surface area contributed by atoms with E-state index in [4.69, 9.17) is 18.5 Å². The fraction of sp³-hybridized carbons (Fsp3) is 0.316. The summed E-state index contributed by atoms with van der Waals surface area (Å²) in [4.78, 5) is 11.9. The van der Waals surface area contributed by atoms with Crippen LogP contribution in [0.5, 0.6) is 11.5 Å². The summed E-state index contributed by atoms with van der Waals surface area (Å²) < 4.78 is 88.5. The molecular formula is C19H19F5NO5P. The predicted octanol–water partition coefficient (Wildman–Crippen LogP) is 4.62. The zero-order valence-electron chi connectivity index (χ0n) is 16.7. The molecule has 0 saturated heterocycles. The fourth-order valence-corrected chi connectivity index (χ4v) is 2.97. The summed E-state index contributed by atoms with van der Waals surface area (Å²) in [5.74, 6) is -13.2. The maximum absolute atomic E-state index is 14.0. The first kappa shape index (κ1) is 24.8. The number of halogens is 5. The van der Waals surface area contributed by atoms with E-state index >= 15 is 0 Å². The van der Waals surface area contributed by atoms with Crippen molar-refractivity contribution >= 4 is 14.5 Å². The number of nitrogens with one attached hydrogen (secondary N) is 1. The molecule has 0 aliphatic rings. The van der Waals surface area contributed by atoms with Gasteiger partial charge in [-0.3, -0.25) is 4.79 Å². The van der Waals surface area contributed by atoms with Crippen LogP contribution in [0, 0.1) is 29.1 Å². The first-order valence-electron chi connectivity index (χ1n) is 8.72. The smallest absolute Gasteiger partial charge is 0.382 e. The Morgan fingerprint density at radius 2 is 1.48 bits per heavy atom. The molecule has 1 atom stereocenters. The number of esters is 1. The van der Waals surface area contributed by atoms with Crippen LogP contribution in [-0.4, -0.2) is 31.8 Å². The molecule has 0 aromatic heterocycles. The van der Waals surface area contributed by atoms with Crippen molar-refractivity contribution in [3.05, 3.63) is 59.4 Å². The zero-order valence-corrected chi connectivity index (χ0v) is 17.6. The van der Waals surface area contributed by atoms with E-state index in [0.29, 0.717) is 0 Å². The van der Waals surface area contributed by atoms with E-state index in [1.807, 2.05) is 0 Å². The van der Waals surface area contributed by atoms with E-state index in [-0.39, 0.29) is 12.4 Å². The van der Waals surface area contributed by atoms with Crippen molar-refractivity contribution in [2.45, 2.75) is 19.4 Å². The number of benzene rings is 2. The van der Waals surface area contributed by atoms with Crippen molar-refractivity contribution in [1.82, 2.24) is 5.09 Å². The largest absolute Gasteiger partial charge is 0.462 e. The number of methoxy groups -OCH3 is 1. The second-order valence-electron chi connectivity index (χ2n) is 6.61. The molecule has 2 aromatic rings. The molecule has 0 spiro atoms. The number of carbonyl (C=O) groups is 1. The Balaban J connectivity index is 2.18. The maximum atomic E-state index is 14.0. The van der Waals surface area contributed by atoms with Crippen molar-refractivity contribution in [1.29, 1.82) is 0 Å². The Hall–Kier alpha value is -2.49. The third-order valence-electron chi connectivity index (χ3n) is 3.76. The second kappa shape index (κ2) is 10.7. The molecular weight excluding hydrogens is 448 g/mol. The predicted molar refractivity (Wildman–Crippen MR) is 101 cm³/mol. The molecule has 0 saturated carbocycles. The molecule has 0 amide bonds. The Morgan fingerprint density at radius 1 is 0.935 bits per heavy atom. The summed E-state index contributed by atoms with van der Waals surface area (Å²) in [5.41, 5.74) is -0.757. The van der Waals surface area contributed by atoms with Gasteiger partial charge < -0.3 is 18.5 Å². The number of para-hydroxylation sites is 1. The average Bonchev–Trinajstić information content (AvgIpc) is 2.76. The maximum Gasteiger partial charge on any atom is 0.382 e. The molecule has 2 aromatic carbocycles. The average molecular weight is 467 g/mol. The molecule has 1 unspecified atom stereocenters. The molecule has 1 N–H and O–H groups in total. The van der Waals surface area contributed by atoms with Crippen molar-refractivity contribution in [2.24, 2.45) is 0 Å². The zero-order chi connectivity index (χ0) is 23.2. The van der Waals surface area contributed by atoms with E-state index in [9.17, 15) is 26.7 Å². The van der Waals surface area contributed by atoms with Gasteiger partial charge >= 0.3 is 14.5 Å². The highest BCUT2D eigenvalue weighted by Gasteiger charge is 2.30. The van der Waals surface area contributed by atoms with Gasteiger partial charge in [-0.2, -0.15) is 8.78 Å². The van der Waals surface area contributed by atoms with Crippen molar-refractivity contribution in [3.63, 3.8) is 0 Å². The Morgan fingerprint density at radius 3 is 2.03 bits per heavy atom. The van der Waals surface area contributed by atoms with E-state index in [1.54, 1.807) is 32.0 Å².